The Kier molecular flexibility index (Phi) is 2.66. The Morgan fingerprint density at radius 1 is 1.12 bits per heavy atom. The maximum Gasteiger partial charge on any atom is 0.0570 e. The summed E-state index contributed by atoms with van der Waals surface area (Å²) in [6, 6.07) is 7.23. The molecule has 3 heteroatoms. The van der Waals surface area contributed by atoms with Gasteiger partial charge in [0.25, 0.3) is 0 Å². The van der Waals surface area contributed by atoms with Crippen LogP contribution >= 0.6 is 11.6 Å². The van der Waals surface area contributed by atoms with Gasteiger partial charge in [0.15, 0.2) is 0 Å². The molecular formula is C13H16ClNO. The summed E-state index contributed by atoms with van der Waals surface area (Å²) in [5, 5.41) is 13.7. The Balaban J connectivity index is 1.62. The van der Waals surface area contributed by atoms with Crippen molar-refractivity contribution >= 4 is 11.6 Å². The van der Waals surface area contributed by atoms with Crippen LogP contribution in [0, 0.1) is 0 Å². The summed E-state index contributed by atoms with van der Waals surface area (Å²) in [4.78, 5) is 0. The summed E-state index contributed by atoms with van der Waals surface area (Å²) in [5.74, 6) is 0. The van der Waals surface area contributed by atoms with Gasteiger partial charge in [-0.3, -0.25) is 0 Å². The summed E-state index contributed by atoms with van der Waals surface area (Å²) in [5.41, 5.74) is 2.80. The molecule has 2 nitrogen and oxygen atoms in total. The number of aliphatic hydroxyl groups excluding tert-OH is 1. The zero-order valence-corrected chi connectivity index (χ0v) is 9.87. The van der Waals surface area contributed by atoms with Gasteiger partial charge in [0.1, 0.15) is 0 Å². The van der Waals surface area contributed by atoms with E-state index in [1.165, 1.54) is 11.1 Å². The second-order valence-corrected chi connectivity index (χ2v) is 5.44. The van der Waals surface area contributed by atoms with Crippen molar-refractivity contribution in [2.75, 3.05) is 0 Å². The molecule has 0 aromatic heterocycles. The van der Waals surface area contributed by atoms with Gasteiger partial charge in [-0.25, -0.2) is 0 Å². The Hall–Kier alpha value is -0.570. The first-order chi connectivity index (χ1) is 7.70. The SMILES string of the molecule is OC1CC(NC2Cc3ccc(Cl)cc3C2)C1. The van der Waals surface area contributed by atoms with E-state index in [2.05, 4.69) is 17.4 Å². The fourth-order valence-corrected chi connectivity index (χ4v) is 2.96. The lowest BCUT2D eigenvalue weighted by Gasteiger charge is -2.34. The number of benzene rings is 1. The number of fused-ring (bicyclic) bond motifs is 1. The minimum Gasteiger partial charge on any atom is -0.393 e. The van der Waals surface area contributed by atoms with Gasteiger partial charge in [-0.15, -0.1) is 0 Å². The van der Waals surface area contributed by atoms with E-state index in [1.807, 2.05) is 6.07 Å². The van der Waals surface area contributed by atoms with E-state index >= 15 is 0 Å². The van der Waals surface area contributed by atoms with E-state index in [9.17, 15) is 5.11 Å². The highest BCUT2D eigenvalue weighted by Gasteiger charge is 2.31. The number of hydrogen-bond acceptors (Lipinski definition) is 2. The molecule has 1 aromatic carbocycles. The fourth-order valence-electron chi connectivity index (χ4n) is 2.76. The second kappa shape index (κ2) is 4.02. The van der Waals surface area contributed by atoms with Crippen molar-refractivity contribution in [3.8, 4) is 0 Å². The lowest BCUT2D eigenvalue weighted by atomic mass is 9.89. The van der Waals surface area contributed by atoms with Crippen LogP contribution in [0.2, 0.25) is 5.02 Å². The van der Waals surface area contributed by atoms with Crippen molar-refractivity contribution in [3.05, 3.63) is 34.3 Å². The van der Waals surface area contributed by atoms with Crippen LogP contribution < -0.4 is 5.32 Å². The van der Waals surface area contributed by atoms with E-state index in [-0.39, 0.29) is 6.10 Å². The molecule has 1 atom stereocenters. The van der Waals surface area contributed by atoms with Crippen LogP contribution in [0.5, 0.6) is 0 Å². The Labute approximate surface area is 101 Å². The molecule has 3 rings (SSSR count). The average molecular weight is 238 g/mol. The molecule has 0 radical (unpaired) electrons. The molecule has 2 N–H and O–H groups in total. The van der Waals surface area contributed by atoms with E-state index in [0.29, 0.717) is 12.1 Å². The molecule has 0 spiro atoms. The number of halogens is 1. The molecule has 1 aromatic rings. The standard InChI is InChI=1S/C13H16ClNO/c14-10-2-1-8-4-11(5-9(8)3-10)15-12-6-13(16)7-12/h1-3,11-13,15-16H,4-7H2. The first kappa shape index (κ1) is 10.6. The molecule has 0 aliphatic heterocycles. The van der Waals surface area contributed by atoms with Crippen molar-refractivity contribution < 1.29 is 5.11 Å². The molecule has 0 saturated heterocycles. The molecule has 1 fully saturated rings. The van der Waals surface area contributed by atoms with E-state index in [1.54, 1.807) is 0 Å². The number of hydrogen-bond donors (Lipinski definition) is 2. The monoisotopic (exact) mass is 237 g/mol. The maximum atomic E-state index is 9.24. The van der Waals surface area contributed by atoms with Gasteiger partial charge in [0.2, 0.25) is 0 Å². The van der Waals surface area contributed by atoms with Gasteiger partial charge >= 0.3 is 0 Å². The molecule has 16 heavy (non-hydrogen) atoms. The van der Waals surface area contributed by atoms with Gasteiger partial charge < -0.3 is 10.4 Å². The van der Waals surface area contributed by atoms with Gasteiger partial charge in [0, 0.05) is 17.1 Å². The zero-order valence-electron chi connectivity index (χ0n) is 9.12. The van der Waals surface area contributed by atoms with Crippen LogP contribution in [0.4, 0.5) is 0 Å². The Morgan fingerprint density at radius 2 is 1.88 bits per heavy atom. The smallest absolute Gasteiger partial charge is 0.0570 e. The van der Waals surface area contributed by atoms with Crippen LogP contribution in [-0.4, -0.2) is 23.3 Å². The third kappa shape index (κ3) is 1.97. The molecule has 1 unspecified atom stereocenters. The maximum absolute atomic E-state index is 9.24. The minimum atomic E-state index is -0.0734. The highest BCUT2D eigenvalue weighted by molar-refractivity contribution is 6.30. The Morgan fingerprint density at radius 3 is 2.62 bits per heavy atom. The second-order valence-electron chi connectivity index (χ2n) is 5.01. The van der Waals surface area contributed by atoms with Crippen LogP contribution in [0.1, 0.15) is 24.0 Å². The summed E-state index contributed by atoms with van der Waals surface area (Å²) in [7, 11) is 0. The van der Waals surface area contributed by atoms with Gasteiger partial charge in [0.05, 0.1) is 6.10 Å². The van der Waals surface area contributed by atoms with Gasteiger partial charge in [-0.1, -0.05) is 17.7 Å². The summed E-state index contributed by atoms with van der Waals surface area (Å²) < 4.78 is 0. The van der Waals surface area contributed by atoms with Crippen molar-refractivity contribution in [2.45, 2.75) is 43.9 Å². The molecule has 0 heterocycles. The third-order valence-corrected chi connectivity index (χ3v) is 3.92. The molecule has 0 bridgehead atoms. The number of aliphatic hydroxyl groups is 1. The highest BCUT2D eigenvalue weighted by Crippen LogP contribution is 2.27. The molecule has 1 saturated carbocycles. The predicted octanol–water partition coefficient (Wildman–Crippen LogP) is 1.92. The molecule has 0 amide bonds. The zero-order chi connectivity index (χ0) is 11.1. The normalized spacial score (nSPS) is 32.2. The molecule has 2 aliphatic rings. The summed E-state index contributed by atoms with van der Waals surface area (Å²) >= 11 is 5.98. The topological polar surface area (TPSA) is 32.3 Å². The molecular weight excluding hydrogens is 222 g/mol. The summed E-state index contributed by atoms with van der Waals surface area (Å²) in [6.45, 7) is 0. The Bertz CT molecular complexity index is 401. The number of nitrogens with one attached hydrogen (secondary N) is 1. The highest BCUT2D eigenvalue weighted by atomic mass is 35.5. The van der Waals surface area contributed by atoms with Crippen molar-refractivity contribution in [1.82, 2.24) is 5.32 Å². The van der Waals surface area contributed by atoms with Crippen LogP contribution in [-0.2, 0) is 12.8 Å². The lowest BCUT2D eigenvalue weighted by molar-refractivity contribution is 0.0582. The van der Waals surface area contributed by atoms with E-state index in [0.717, 1.165) is 30.7 Å². The first-order valence-electron chi connectivity index (χ1n) is 5.92. The first-order valence-corrected chi connectivity index (χ1v) is 6.30. The van der Waals surface area contributed by atoms with Crippen LogP contribution in [0.3, 0.4) is 0 Å². The van der Waals surface area contributed by atoms with Crippen LogP contribution in [0.15, 0.2) is 18.2 Å². The average Bonchev–Trinajstić information content (AvgIpc) is 2.57. The van der Waals surface area contributed by atoms with E-state index in [4.69, 9.17) is 11.6 Å². The predicted molar refractivity (Wildman–Crippen MR) is 64.8 cm³/mol. The third-order valence-electron chi connectivity index (χ3n) is 3.69. The van der Waals surface area contributed by atoms with Crippen LogP contribution in [0.25, 0.3) is 0 Å². The number of rotatable bonds is 2. The van der Waals surface area contributed by atoms with Gasteiger partial charge in [-0.05, 0) is 48.9 Å². The van der Waals surface area contributed by atoms with Crippen molar-refractivity contribution in [1.29, 1.82) is 0 Å². The molecule has 86 valence electrons. The quantitative estimate of drug-likeness (QED) is 0.824. The van der Waals surface area contributed by atoms with Crippen molar-refractivity contribution in [3.63, 3.8) is 0 Å². The largest absolute Gasteiger partial charge is 0.393 e. The summed E-state index contributed by atoms with van der Waals surface area (Å²) in [6.07, 6.45) is 3.92. The fraction of sp³-hybridized carbons (Fsp3) is 0.538. The van der Waals surface area contributed by atoms with Crippen molar-refractivity contribution in [2.24, 2.45) is 0 Å². The van der Waals surface area contributed by atoms with E-state index < -0.39 is 0 Å². The molecule has 2 aliphatic carbocycles. The lowest BCUT2D eigenvalue weighted by Crippen LogP contribution is -2.48. The van der Waals surface area contributed by atoms with Gasteiger partial charge in [-0.2, -0.15) is 0 Å². The minimum absolute atomic E-state index is 0.0734.